The SMILES string of the molecule is C[C@@H]1CCCN(Cc2cc(Br)ccc2O)C1. The molecule has 88 valence electrons. The molecule has 0 aromatic heterocycles. The maximum atomic E-state index is 9.78. The Morgan fingerprint density at radius 2 is 2.31 bits per heavy atom. The average molecular weight is 284 g/mol. The van der Waals surface area contributed by atoms with Gasteiger partial charge in [0.2, 0.25) is 0 Å². The number of phenolic OH excluding ortho intramolecular Hbond substituents is 1. The van der Waals surface area contributed by atoms with Crippen molar-refractivity contribution in [2.45, 2.75) is 26.3 Å². The van der Waals surface area contributed by atoms with Gasteiger partial charge in [0, 0.05) is 23.1 Å². The third-order valence-corrected chi connectivity index (χ3v) is 3.67. The number of nitrogens with zero attached hydrogens (tertiary/aromatic N) is 1. The Morgan fingerprint density at radius 1 is 1.50 bits per heavy atom. The van der Waals surface area contributed by atoms with Crippen molar-refractivity contribution in [2.24, 2.45) is 5.92 Å². The average Bonchev–Trinajstić information content (AvgIpc) is 2.24. The van der Waals surface area contributed by atoms with Crippen LogP contribution in [0.1, 0.15) is 25.3 Å². The number of hydrogen-bond donors (Lipinski definition) is 1. The van der Waals surface area contributed by atoms with Crippen LogP contribution in [0.25, 0.3) is 0 Å². The molecule has 1 atom stereocenters. The maximum Gasteiger partial charge on any atom is 0.120 e. The predicted molar refractivity (Wildman–Crippen MR) is 69.5 cm³/mol. The zero-order chi connectivity index (χ0) is 11.5. The first kappa shape index (κ1) is 11.9. The molecule has 0 radical (unpaired) electrons. The van der Waals surface area contributed by atoms with Crippen LogP contribution >= 0.6 is 15.9 Å². The number of halogens is 1. The summed E-state index contributed by atoms with van der Waals surface area (Å²) in [5.41, 5.74) is 1.02. The van der Waals surface area contributed by atoms with Crippen LogP contribution in [-0.4, -0.2) is 23.1 Å². The van der Waals surface area contributed by atoms with Crippen LogP contribution < -0.4 is 0 Å². The van der Waals surface area contributed by atoms with Crippen LogP contribution in [0.2, 0.25) is 0 Å². The number of rotatable bonds is 2. The summed E-state index contributed by atoms with van der Waals surface area (Å²) in [7, 11) is 0. The lowest BCUT2D eigenvalue weighted by molar-refractivity contribution is 0.175. The summed E-state index contributed by atoms with van der Waals surface area (Å²) in [6.45, 7) is 5.45. The van der Waals surface area contributed by atoms with E-state index >= 15 is 0 Å². The van der Waals surface area contributed by atoms with E-state index in [9.17, 15) is 5.11 Å². The maximum absolute atomic E-state index is 9.78. The van der Waals surface area contributed by atoms with E-state index in [1.165, 1.54) is 12.8 Å². The van der Waals surface area contributed by atoms with Crippen molar-refractivity contribution < 1.29 is 5.11 Å². The first-order chi connectivity index (χ1) is 7.65. The van der Waals surface area contributed by atoms with Crippen molar-refractivity contribution >= 4 is 15.9 Å². The van der Waals surface area contributed by atoms with Gasteiger partial charge >= 0.3 is 0 Å². The van der Waals surface area contributed by atoms with Crippen LogP contribution in [0.5, 0.6) is 5.75 Å². The molecule has 1 N–H and O–H groups in total. The molecule has 0 amide bonds. The molecule has 1 saturated heterocycles. The minimum Gasteiger partial charge on any atom is -0.508 e. The normalized spacial score (nSPS) is 22.2. The van der Waals surface area contributed by atoms with E-state index in [-0.39, 0.29) is 0 Å². The summed E-state index contributed by atoms with van der Waals surface area (Å²) in [5.74, 6) is 1.18. The van der Waals surface area contributed by atoms with Gasteiger partial charge in [-0.3, -0.25) is 4.90 Å². The van der Waals surface area contributed by atoms with Crippen LogP contribution in [0.4, 0.5) is 0 Å². The van der Waals surface area contributed by atoms with E-state index in [4.69, 9.17) is 0 Å². The van der Waals surface area contributed by atoms with Gasteiger partial charge in [0.05, 0.1) is 0 Å². The zero-order valence-corrected chi connectivity index (χ0v) is 11.2. The largest absolute Gasteiger partial charge is 0.508 e. The Labute approximate surface area is 105 Å². The molecule has 1 fully saturated rings. The Hall–Kier alpha value is -0.540. The van der Waals surface area contributed by atoms with E-state index in [1.54, 1.807) is 6.07 Å². The zero-order valence-electron chi connectivity index (χ0n) is 9.62. The van der Waals surface area contributed by atoms with Gasteiger partial charge < -0.3 is 5.11 Å². The summed E-state index contributed by atoms with van der Waals surface area (Å²) >= 11 is 3.44. The lowest BCUT2D eigenvalue weighted by Crippen LogP contribution is -2.33. The topological polar surface area (TPSA) is 23.5 Å². The minimum atomic E-state index is 0.404. The fraction of sp³-hybridized carbons (Fsp3) is 0.538. The summed E-state index contributed by atoms with van der Waals surface area (Å²) in [6.07, 6.45) is 2.61. The van der Waals surface area contributed by atoms with Gasteiger partial charge in [-0.2, -0.15) is 0 Å². The number of piperidine rings is 1. The minimum absolute atomic E-state index is 0.404. The molecule has 2 nitrogen and oxygen atoms in total. The van der Waals surface area contributed by atoms with E-state index in [2.05, 4.69) is 27.8 Å². The number of likely N-dealkylation sites (tertiary alicyclic amines) is 1. The Kier molecular flexibility index (Phi) is 3.87. The standard InChI is InChI=1S/C13H18BrNO/c1-10-3-2-6-15(8-10)9-11-7-12(14)4-5-13(11)16/h4-5,7,10,16H,2-3,6,8-9H2,1H3/t10-/m1/s1. The Balaban J connectivity index is 2.05. The summed E-state index contributed by atoms with van der Waals surface area (Å²) < 4.78 is 1.03. The molecule has 16 heavy (non-hydrogen) atoms. The molecule has 1 aliphatic rings. The molecule has 1 aliphatic heterocycles. The van der Waals surface area contributed by atoms with Gasteiger partial charge in [-0.15, -0.1) is 0 Å². The Morgan fingerprint density at radius 3 is 3.06 bits per heavy atom. The highest BCUT2D eigenvalue weighted by atomic mass is 79.9. The van der Waals surface area contributed by atoms with Gasteiger partial charge in [0.15, 0.2) is 0 Å². The smallest absolute Gasteiger partial charge is 0.120 e. The fourth-order valence-electron chi connectivity index (χ4n) is 2.35. The first-order valence-corrected chi connectivity index (χ1v) is 6.64. The molecule has 0 unspecified atom stereocenters. The molecule has 3 heteroatoms. The quantitative estimate of drug-likeness (QED) is 0.900. The van der Waals surface area contributed by atoms with Crippen molar-refractivity contribution in [1.29, 1.82) is 0 Å². The second-order valence-electron chi connectivity index (χ2n) is 4.76. The van der Waals surface area contributed by atoms with Crippen LogP contribution in [-0.2, 0) is 6.54 Å². The fourth-order valence-corrected chi connectivity index (χ4v) is 2.76. The highest BCUT2D eigenvalue weighted by molar-refractivity contribution is 9.10. The highest BCUT2D eigenvalue weighted by Crippen LogP contribution is 2.25. The van der Waals surface area contributed by atoms with Gasteiger partial charge in [-0.25, -0.2) is 0 Å². The molecule has 1 aromatic carbocycles. The van der Waals surface area contributed by atoms with Crippen LogP contribution in [0.15, 0.2) is 22.7 Å². The van der Waals surface area contributed by atoms with Crippen molar-refractivity contribution in [2.75, 3.05) is 13.1 Å². The number of hydrogen-bond acceptors (Lipinski definition) is 2. The number of benzene rings is 1. The molecule has 0 saturated carbocycles. The third kappa shape index (κ3) is 2.98. The first-order valence-electron chi connectivity index (χ1n) is 5.85. The van der Waals surface area contributed by atoms with E-state index in [0.717, 1.165) is 35.6 Å². The molecule has 1 heterocycles. The van der Waals surface area contributed by atoms with Crippen molar-refractivity contribution in [3.8, 4) is 5.75 Å². The highest BCUT2D eigenvalue weighted by Gasteiger charge is 2.17. The lowest BCUT2D eigenvalue weighted by atomic mass is 10.00. The molecular formula is C13H18BrNO. The molecule has 0 spiro atoms. The van der Waals surface area contributed by atoms with Crippen molar-refractivity contribution in [1.82, 2.24) is 4.90 Å². The number of aromatic hydroxyl groups is 1. The van der Waals surface area contributed by atoms with Crippen molar-refractivity contribution in [3.05, 3.63) is 28.2 Å². The van der Waals surface area contributed by atoms with Gasteiger partial charge in [0.1, 0.15) is 5.75 Å². The van der Waals surface area contributed by atoms with Gasteiger partial charge in [0.25, 0.3) is 0 Å². The van der Waals surface area contributed by atoms with E-state index in [1.807, 2.05) is 12.1 Å². The second-order valence-corrected chi connectivity index (χ2v) is 5.67. The van der Waals surface area contributed by atoms with Gasteiger partial charge in [-0.05, 0) is 43.5 Å². The summed E-state index contributed by atoms with van der Waals surface area (Å²) in [4.78, 5) is 2.43. The predicted octanol–water partition coefficient (Wildman–Crippen LogP) is 3.39. The molecule has 2 rings (SSSR count). The van der Waals surface area contributed by atoms with Crippen LogP contribution in [0, 0.1) is 5.92 Å². The second kappa shape index (κ2) is 5.19. The summed E-state index contributed by atoms with van der Waals surface area (Å²) in [5, 5.41) is 9.78. The molecule has 1 aromatic rings. The molecular weight excluding hydrogens is 266 g/mol. The Bertz CT molecular complexity index is 367. The lowest BCUT2D eigenvalue weighted by Gasteiger charge is -2.31. The van der Waals surface area contributed by atoms with E-state index in [0.29, 0.717) is 5.75 Å². The monoisotopic (exact) mass is 283 g/mol. The van der Waals surface area contributed by atoms with E-state index < -0.39 is 0 Å². The molecule has 0 aliphatic carbocycles. The van der Waals surface area contributed by atoms with Crippen molar-refractivity contribution in [3.63, 3.8) is 0 Å². The van der Waals surface area contributed by atoms with Gasteiger partial charge in [-0.1, -0.05) is 22.9 Å². The van der Waals surface area contributed by atoms with Crippen LogP contribution in [0.3, 0.4) is 0 Å². The summed E-state index contributed by atoms with van der Waals surface area (Å²) in [6, 6.07) is 5.64. The number of phenols is 1. The molecule has 0 bridgehead atoms. The third-order valence-electron chi connectivity index (χ3n) is 3.18.